The molecule has 4 fully saturated rings. The van der Waals surface area contributed by atoms with Gasteiger partial charge >= 0.3 is 0 Å². The number of carbonyl (C=O) groups is 2. The van der Waals surface area contributed by atoms with Crippen molar-refractivity contribution in [2.75, 3.05) is 0 Å². The van der Waals surface area contributed by atoms with E-state index >= 15 is 0 Å². The second-order valence-corrected chi connectivity index (χ2v) is 6.09. The zero-order chi connectivity index (χ0) is 11.0. The van der Waals surface area contributed by atoms with Gasteiger partial charge < -0.3 is 0 Å². The van der Waals surface area contributed by atoms with Crippen molar-refractivity contribution in [3.8, 4) is 0 Å². The Bertz CT molecular complexity index is 378. The molecule has 1 aliphatic heterocycles. The minimum Gasteiger partial charge on any atom is -0.295 e. The van der Waals surface area contributed by atoms with Gasteiger partial charge in [-0.3, -0.25) is 14.9 Å². The zero-order valence-electron chi connectivity index (χ0n) is 9.47. The molecule has 3 heteroatoms. The summed E-state index contributed by atoms with van der Waals surface area (Å²) >= 11 is 0. The lowest BCUT2D eigenvalue weighted by atomic mass is 9.73. The molecule has 4 aliphatic rings. The van der Waals surface area contributed by atoms with Gasteiger partial charge in [-0.25, -0.2) is 0 Å². The van der Waals surface area contributed by atoms with Crippen LogP contribution >= 0.6 is 0 Å². The first-order valence-electron chi connectivity index (χ1n) is 6.57. The number of rotatable bonds is 0. The van der Waals surface area contributed by atoms with Crippen LogP contribution in [0.2, 0.25) is 0 Å². The van der Waals surface area contributed by atoms with Gasteiger partial charge in [0.05, 0.1) is 10.8 Å². The number of piperidine rings is 1. The Morgan fingerprint density at radius 1 is 0.750 bits per heavy atom. The monoisotopic (exact) mass is 219 g/mol. The minimum absolute atomic E-state index is 0.0686. The molecular weight excluding hydrogens is 202 g/mol. The van der Waals surface area contributed by atoms with Crippen molar-refractivity contribution < 1.29 is 9.59 Å². The summed E-state index contributed by atoms with van der Waals surface area (Å²) in [4.78, 5) is 24.4. The van der Waals surface area contributed by atoms with Crippen molar-refractivity contribution >= 4 is 11.8 Å². The fraction of sp³-hybridized carbons (Fsp3) is 0.846. The highest BCUT2D eigenvalue weighted by Crippen LogP contribution is 2.89. The number of hydrogen-bond donors (Lipinski definition) is 1. The number of hydrogen-bond acceptors (Lipinski definition) is 2. The zero-order valence-corrected chi connectivity index (χ0v) is 9.47. The van der Waals surface area contributed by atoms with Gasteiger partial charge in [0.25, 0.3) is 0 Å². The normalized spacial score (nSPS) is 53.8. The highest BCUT2D eigenvalue weighted by Gasteiger charge is 2.94. The van der Waals surface area contributed by atoms with Gasteiger partial charge in [0, 0.05) is 5.41 Å². The third kappa shape index (κ3) is 0.573. The van der Waals surface area contributed by atoms with E-state index in [1.807, 2.05) is 0 Å². The predicted octanol–water partition coefficient (Wildman–Crippen LogP) is 1.76. The lowest BCUT2D eigenvalue weighted by Gasteiger charge is -2.32. The van der Waals surface area contributed by atoms with Crippen LogP contribution in [0.1, 0.15) is 51.4 Å². The molecule has 2 amide bonds. The molecular formula is C13H17NO2. The van der Waals surface area contributed by atoms with Crippen LogP contribution in [0.15, 0.2) is 0 Å². The Hall–Kier alpha value is -0.860. The van der Waals surface area contributed by atoms with E-state index in [0.29, 0.717) is 0 Å². The molecule has 86 valence electrons. The van der Waals surface area contributed by atoms with Gasteiger partial charge in [-0.2, -0.15) is 0 Å². The maximum absolute atomic E-state index is 12.2. The molecule has 4 rings (SSSR count). The molecule has 3 saturated carbocycles. The molecule has 3 aliphatic carbocycles. The molecule has 0 bridgehead atoms. The van der Waals surface area contributed by atoms with E-state index in [0.717, 1.165) is 38.5 Å². The van der Waals surface area contributed by atoms with Gasteiger partial charge in [-0.15, -0.1) is 0 Å². The maximum atomic E-state index is 12.2. The molecule has 1 N–H and O–H groups in total. The highest BCUT2D eigenvalue weighted by molar-refractivity contribution is 6.16. The topological polar surface area (TPSA) is 46.2 Å². The molecule has 0 radical (unpaired) electrons. The van der Waals surface area contributed by atoms with Crippen LogP contribution in [-0.4, -0.2) is 11.8 Å². The van der Waals surface area contributed by atoms with Crippen molar-refractivity contribution in [3.05, 3.63) is 0 Å². The van der Waals surface area contributed by atoms with Crippen molar-refractivity contribution in [2.24, 2.45) is 16.2 Å². The van der Waals surface area contributed by atoms with E-state index in [1.165, 1.54) is 12.8 Å². The van der Waals surface area contributed by atoms with Crippen LogP contribution in [0.3, 0.4) is 0 Å². The second kappa shape index (κ2) is 2.36. The Labute approximate surface area is 95.0 Å². The molecule has 3 nitrogen and oxygen atoms in total. The molecule has 2 atom stereocenters. The Morgan fingerprint density at radius 2 is 1.19 bits per heavy atom. The molecule has 0 aromatic rings. The minimum atomic E-state index is -0.258. The van der Waals surface area contributed by atoms with Crippen LogP contribution in [0.25, 0.3) is 0 Å². The third-order valence-corrected chi connectivity index (χ3v) is 6.11. The fourth-order valence-corrected chi connectivity index (χ4v) is 5.73. The maximum Gasteiger partial charge on any atom is 0.234 e. The molecule has 1 heterocycles. The van der Waals surface area contributed by atoms with E-state index in [9.17, 15) is 9.59 Å². The van der Waals surface area contributed by atoms with Gasteiger partial charge in [-0.05, 0) is 25.7 Å². The summed E-state index contributed by atoms with van der Waals surface area (Å²) in [5.41, 5.74) is -0.423. The van der Waals surface area contributed by atoms with Crippen LogP contribution in [-0.2, 0) is 9.59 Å². The molecule has 16 heavy (non-hydrogen) atoms. The van der Waals surface area contributed by atoms with E-state index < -0.39 is 0 Å². The summed E-state index contributed by atoms with van der Waals surface area (Å²) in [5.74, 6) is 0.137. The van der Waals surface area contributed by atoms with Crippen LogP contribution in [0.5, 0.6) is 0 Å². The smallest absolute Gasteiger partial charge is 0.234 e. The fourth-order valence-electron chi connectivity index (χ4n) is 5.73. The van der Waals surface area contributed by atoms with E-state index in [2.05, 4.69) is 5.32 Å². The van der Waals surface area contributed by atoms with Crippen molar-refractivity contribution in [1.82, 2.24) is 5.32 Å². The first-order chi connectivity index (χ1) is 7.71. The summed E-state index contributed by atoms with van der Waals surface area (Å²) in [6, 6.07) is 0. The Balaban J connectivity index is 1.94. The van der Waals surface area contributed by atoms with Crippen LogP contribution < -0.4 is 5.32 Å². The lowest BCUT2D eigenvalue weighted by Crippen LogP contribution is -2.40. The number of carbonyl (C=O) groups excluding carboxylic acids is 2. The van der Waals surface area contributed by atoms with E-state index in [4.69, 9.17) is 0 Å². The van der Waals surface area contributed by atoms with Gasteiger partial charge in [-0.1, -0.05) is 25.7 Å². The lowest BCUT2D eigenvalue weighted by molar-refractivity contribution is -0.133. The standard InChI is InChI=1S/C13H17NO2/c15-9-12-7-3-1-5-11(12)6-2-4-8-13(11,12)10(16)14-9/h1-8H2,(H,14,15,16). The summed E-state index contributed by atoms with van der Waals surface area (Å²) in [6.45, 7) is 0. The summed E-state index contributed by atoms with van der Waals surface area (Å²) in [7, 11) is 0. The largest absolute Gasteiger partial charge is 0.295 e. The summed E-state index contributed by atoms with van der Waals surface area (Å²) in [6.07, 6.45) is 8.84. The average Bonchev–Trinajstić information content (AvgIpc) is 2.82. The summed E-state index contributed by atoms with van der Waals surface area (Å²) < 4.78 is 0. The van der Waals surface area contributed by atoms with E-state index in [-0.39, 0.29) is 28.1 Å². The van der Waals surface area contributed by atoms with Crippen molar-refractivity contribution in [1.29, 1.82) is 0 Å². The molecule has 0 aromatic carbocycles. The quantitative estimate of drug-likeness (QED) is 0.631. The Kier molecular flexibility index (Phi) is 1.36. The Morgan fingerprint density at radius 3 is 1.69 bits per heavy atom. The molecule has 3 spiro atoms. The number of imide groups is 1. The average molecular weight is 219 g/mol. The molecule has 1 saturated heterocycles. The second-order valence-electron chi connectivity index (χ2n) is 6.09. The highest BCUT2D eigenvalue weighted by atomic mass is 16.2. The SMILES string of the molecule is O=C1NC(=O)C23CCCCC24CCCCC143. The van der Waals surface area contributed by atoms with Gasteiger partial charge in [0.15, 0.2) is 0 Å². The first-order valence-corrected chi connectivity index (χ1v) is 6.57. The van der Waals surface area contributed by atoms with E-state index in [1.54, 1.807) is 0 Å². The van der Waals surface area contributed by atoms with Gasteiger partial charge in [0.1, 0.15) is 0 Å². The first kappa shape index (κ1) is 9.20. The van der Waals surface area contributed by atoms with Crippen LogP contribution in [0.4, 0.5) is 0 Å². The molecule has 2 unspecified atom stereocenters. The predicted molar refractivity (Wildman–Crippen MR) is 57.4 cm³/mol. The van der Waals surface area contributed by atoms with Crippen LogP contribution in [0, 0.1) is 16.2 Å². The van der Waals surface area contributed by atoms with Crippen molar-refractivity contribution in [2.45, 2.75) is 51.4 Å². The summed E-state index contributed by atoms with van der Waals surface area (Å²) in [5, 5.41) is 2.61. The number of nitrogens with one attached hydrogen (secondary N) is 1. The third-order valence-electron chi connectivity index (χ3n) is 6.11. The van der Waals surface area contributed by atoms with Gasteiger partial charge in [0.2, 0.25) is 11.8 Å². The van der Waals surface area contributed by atoms with Crippen molar-refractivity contribution in [3.63, 3.8) is 0 Å². The molecule has 0 aromatic heterocycles. The number of amides is 2.